The molecule has 2 N–H and O–H groups in total. The van der Waals surface area contributed by atoms with Crippen LogP contribution >= 0.6 is 0 Å². The van der Waals surface area contributed by atoms with E-state index in [0.29, 0.717) is 13.0 Å². The van der Waals surface area contributed by atoms with Crippen molar-refractivity contribution >= 4 is 0 Å². The molecule has 6 heteroatoms. The molecule has 1 heterocycles. The summed E-state index contributed by atoms with van der Waals surface area (Å²) in [4.78, 5) is 0. The smallest absolute Gasteiger partial charge is 0.248 e. The molecule has 0 spiro atoms. The molecule has 2 atom stereocenters. The third-order valence-corrected chi connectivity index (χ3v) is 3.49. The van der Waals surface area contributed by atoms with Crippen LogP contribution in [0.25, 0.3) is 0 Å². The Bertz CT molecular complexity index is 391. The van der Waals surface area contributed by atoms with Gasteiger partial charge in [0.25, 0.3) is 0 Å². The van der Waals surface area contributed by atoms with E-state index in [0.717, 1.165) is 18.5 Å². The monoisotopic (exact) mass is 258 g/mol. The fraction of sp³-hybridized carbons (Fsp3) is 0.833. The Kier molecular flexibility index (Phi) is 3.94. The summed E-state index contributed by atoms with van der Waals surface area (Å²) in [6.07, 6.45) is 4.15. The molecule has 0 aromatic carbocycles. The van der Waals surface area contributed by atoms with Gasteiger partial charge in [0.1, 0.15) is 0 Å². The Balaban J connectivity index is 1.91. The van der Waals surface area contributed by atoms with Gasteiger partial charge >= 0.3 is 0 Å². The number of alkyl halides is 2. The number of nitrogens with zero attached hydrogens (tertiary/aromatic N) is 3. The predicted octanol–water partition coefficient (Wildman–Crippen LogP) is 2.51. The van der Waals surface area contributed by atoms with Crippen molar-refractivity contribution in [2.45, 2.75) is 57.5 Å². The maximum Gasteiger partial charge on any atom is 0.248 e. The molecule has 18 heavy (non-hydrogen) atoms. The van der Waals surface area contributed by atoms with Crippen molar-refractivity contribution in [3.05, 3.63) is 11.9 Å². The second-order valence-electron chi connectivity index (χ2n) is 5.23. The van der Waals surface area contributed by atoms with Gasteiger partial charge in [0, 0.05) is 19.4 Å². The van der Waals surface area contributed by atoms with E-state index in [1.165, 1.54) is 0 Å². The van der Waals surface area contributed by atoms with Crippen LogP contribution < -0.4 is 5.73 Å². The van der Waals surface area contributed by atoms with Crippen LogP contribution in [-0.4, -0.2) is 20.9 Å². The number of aromatic nitrogens is 3. The lowest BCUT2D eigenvalue weighted by molar-refractivity contribution is 0.00420. The van der Waals surface area contributed by atoms with Gasteiger partial charge in [-0.25, -0.2) is 8.78 Å². The highest BCUT2D eigenvalue weighted by Gasteiger charge is 2.39. The largest absolute Gasteiger partial charge is 0.323 e. The van der Waals surface area contributed by atoms with Crippen molar-refractivity contribution in [2.75, 3.05) is 0 Å². The Morgan fingerprint density at radius 2 is 2.39 bits per heavy atom. The normalized spacial score (nSPS) is 24.3. The highest BCUT2D eigenvalue weighted by Crippen LogP contribution is 2.39. The molecule has 1 fully saturated rings. The Morgan fingerprint density at radius 3 is 3.00 bits per heavy atom. The van der Waals surface area contributed by atoms with Gasteiger partial charge in [-0.2, -0.15) is 0 Å². The molecule has 4 nitrogen and oxygen atoms in total. The van der Waals surface area contributed by atoms with Crippen LogP contribution in [-0.2, 0) is 6.54 Å². The maximum atomic E-state index is 13.1. The summed E-state index contributed by atoms with van der Waals surface area (Å²) in [5.41, 5.74) is 6.69. The van der Waals surface area contributed by atoms with Gasteiger partial charge in [-0.05, 0) is 18.8 Å². The molecule has 0 amide bonds. The van der Waals surface area contributed by atoms with E-state index in [9.17, 15) is 8.78 Å². The number of nitrogens with two attached hydrogens (primary N) is 1. The molecule has 0 saturated heterocycles. The minimum absolute atomic E-state index is 0.00282. The van der Waals surface area contributed by atoms with Crippen LogP contribution in [0.2, 0.25) is 0 Å². The number of hydrogen-bond acceptors (Lipinski definition) is 3. The summed E-state index contributed by atoms with van der Waals surface area (Å²) >= 11 is 0. The second-order valence-corrected chi connectivity index (χ2v) is 5.23. The fourth-order valence-corrected chi connectivity index (χ4v) is 2.49. The molecule has 0 radical (unpaired) electrons. The molecule has 2 unspecified atom stereocenters. The minimum Gasteiger partial charge on any atom is -0.323 e. The fourth-order valence-electron chi connectivity index (χ4n) is 2.49. The summed E-state index contributed by atoms with van der Waals surface area (Å²) in [5, 5.41) is 7.99. The molecule has 102 valence electrons. The van der Waals surface area contributed by atoms with Crippen LogP contribution in [0, 0.1) is 5.92 Å². The average Bonchev–Trinajstić information content (AvgIpc) is 2.86. The van der Waals surface area contributed by atoms with Gasteiger partial charge in [-0.1, -0.05) is 18.6 Å². The van der Waals surface area contributed by atoms with Crippen LogP contribution in [0.3, 0.4) is 0 Å². The lowest BCUT2D eigenvalue weighted by atomic mass is 10.1. The van der Waals surface area contributed by atoms with Gasteiger partial charge < -0.3 is 5.73 Å². The van der Waals surface area contributed by atoms with Gasteiger partial charge in [0.05, 0.1) is 17.9 Å². The topological polar surface area (TPSA) is 56.7 Å². The van der Waals surface area contributed by atoms with Gasteiger partial charge in [-0.15, -0.1) is 5.10 Å². The Morgan fingerprint density at radius 1 is 1.61 bits per heavy atom. The summed E-state index contributed by atoms with van der Waals surface area (Å²) < 4.78 is 27.8. The molecular weight excluding hydrogens is 238 g/mol. The first-order chi connectivity index (χ1) is 8.50. The zero-order valence-corrected chi connectivity index (χ0v) is 10.6. The van der Waals surface area contributed by atoms with Crippen molar-refractivity contribution in [1.82, 2.24) is 15.0 Å². The lowest BCUT2D eigenvalue weighted by Crippen LogP contribution is -2.13. The Hall–Kier alpha value is -1.04. The number of rotatable bonds is 5. The van der Waals surface area contributed by atoms with E-state index in [4.69, 9.17) is 5.73 Å². The SMILES string of the molecule is CCCC(N)c1cn(CC2CCC(F)(F)C2)nn1. The first-order valence-electron chi connectivity index (χ1n) is 6.53. The second kappa shape index (κ2) is 5.30. The van der Waals surface area contributed by atoms with Crippen molar-refractivity contribution in [3.8, 4) is 0 Å². The van der Waals surface area contributed by atoms with Gasteiger partial charge in [-0.3, -0.25) is 4.68 Å². The van der Waals surface area contributed by atoms with Crippen molar-refractivity contribution < 1.29 is 8.78 Å². The molecule has 0 aliphatic heterocycles. The molecule has 1 aliphatic carbocycles. The van der Waals surface area contributed by atoms with E-state index in [2.05, 4.69) is 17.2 Å². The molecule has 2 rings (SSSR count). The quantitative estimate of drug-likeness (QED) is 0.882. The molecule has 1 aromatic heterocycles. The summed E-state index contributed by atoms with van der Waals surface area (Å²) in [6.45, 7) is 2.58. The first-order valence-corrected chi connectivity index (χ1v) is 6.53. The zero-order chi connectivity index (χ0) is 13.2. The summed E-state index contributed by atoms with van der Waals surface area (Å²) in [6, 6.07) is -0.103. The average molecular weight is 258 g/mol. The van der Waals surface area contributed by atoms with Crippen LogP contribution in [0.5, 0.6) is 0 Å². The standard InChI is InChI=1S/C12H20F2N4/c1-2-3-10(15)11-8-18(17-16-11)7-9-4-5-12(13,14)6-9/h8-10H,2-7,15H2,1H3. The van der Waals surface area contributed by atoms with E-state index in [1.807, 2.05) is 0 Å². The highest BCUT2D eigenvalue weighted by atomic mass is 19.3. The molecule has 1 saturated carbocycles. The van der Waals surface area contributed by atoms with E-state index >= 15 is 0 Å². The third kappa shape index (κ3) is 3.25. The summed E-state index contributed by atoms with van der Waals surface area (Å²) in [5.74, 6) is -2.50. The third-order valence-electron chi connectivity index (χ3n) is 3.49. The molecular formula is C12H20F2N4. The molecule has 0 bridgehead atoms. The summed E-state index contributed by atoms with van der Waals surface area (Å²) in [7, 11) is 0. The van der Waals surface area contributed by atoms with Gasteiger partial charge in [0.15, 0.2) is 0 Å². The van der Waals surface area contributed by atoms with Crippen LogP contribution in [0.1, 0.15) is 50.8 Å². The van der Waals surface area contributed by atoms with Gasteiger partial charge in [0.2, 0.25) is 5.92 Å². The van der Waals surface area contributed by atoms with Crippen molar-refractivity contribution in [1.29, 1.82) is 0 Å². The van der Waals surface area contributed by atoms with Crippen molar-refractivity contribution in [3.63, 3.8) is 0 Å². The zero-order valence-electron chi connectivity index (χ0n) is 10.6. The molecule has 1 aromatic rings. The lowest BCUT2D eigenvalue weighted by Gasteiger charge is -2.10. The highest BCUT2D eigenvalue weighted by molar-refractivity contribution is 4.99. The number of halogens is 2. The van der Waals surface area contributed by atoms with E-state index in [1.54, 1.807) is 10.9 Å². The van der Waals surface area contributed by atoms with Crippen molar-refractivity contribution in [2.24, 2.45) is 11.7 Å². The van der Waals surface area contributed by atoms with Crippen LogP contribution in [0.4, 0.5) is 8.78 Å². The first kappa shape index (κ1) is 13.4. The van der Waals surface area contributed by atoms with E-state index < -0.39 is 5.92 Å². The minimum atomic E-state index is -2.49. The number of hydrogen-bond donors (Lipinski definition) is 1. The molecule has 1 aliphatic rings. The maximum absolute atomic E-state index is 13.1. The predicted molar refractivity (Wildman–Crippen MR) is 64.1 cm³/mol. The Labute approximate surface area is 106 Å². The van der Waals surface area contributed by atoms with Crippen LogP contribution in [0.15, 0.2) is 6.20 Å². The van der Waals surface area contributed by atoms with E-state index in [-0.39, 0.29) is 24.8 Å².